The van der Waals surface area contributed by atoms with Crippen molar-refractivity contribution in [3.63, 3.8) is 0 Å². The van der Waals surface area contributed by atoms with E-state index in [1.165, 1.54) is 18.4 Å². The molecule has 1 fully saturated rings. The Bertz CT molecular complexity index is 584. The Morgan fingerprint density at radius 2 is 1.62 bits per heavy atom. The van der Waals surface area contributed by atoms with E-state index in [4.69, 9.17) is 0 Å². The quantitative estimate of drug-likeness (QED) is 0.701. The number of anilines is 1. The average Bonchev–Trinajstić information content (AvgIpc) is 3.31. The fourth-order valence-electron chi connectivity index (χ4n) is 2.52. The van der Waals surface area contributed by atoms with Gasteiger partial charge in [0.2, 0.25) is 0 Å². The van der Waals surface area contributed by atoms with Crippen LogP contribution in [0.1, 0.15) is 24.4 Å². The summed E-state index contributed by atoms with van der Waals surface area (Å²) in [7, 11) is 0. The molecule has 3 rings (SSSR count). The molecule has 2 aromatic carbocycles. The topological polar surface area (TPSA) is 12.0 Å². The minimum atomic E-state index is -2.40. The maximum absolute atomic E-state index is 12.7. The summed E-state index contributed by atoms with van der Waals surface area (Å²) in [6.45, 7) is 0. The lowest BCUT2D eigenvalue weighted by Gasteiger charge is -2.22. The van der Waals surface area contributed by atoms with E-state index in [1.807, 2.05) is 30.3 Å². The Hall–Kier alpha value is -1.55. The van der Waals surface area contributed by atoms with Crippen LogP contribution in [0, 0.1) is 5.92 Å². The highest BCUT2D eigenvalue weighted by Gasteiger charge is 2.32. The van der Waals surface area contributed by atoms with Gasteiger partial charge in [0.1, 0.15) is 0 Å². The smallest absolute Gasteiger partial charge is 0.288 e. The number of halogens is 2. The number of alkyl halides is 2. The Morgan fingerprint density at radius 1 is 0.952 bits per heavy atom. The predicted molar refractivity (Wildman–Crippen MR) is 83.8 cm³/mol. The van der Waals surface area contributed by atoms with Gasteiger partial charge < -0.3 is 5.32 Å². The third-order valence-corrected chi connectivity index (χ3v) is 4.45. The molecule has 1 unspecified atom stereocenters. The van der Waals surface area contributed by atoms with Crippen LogP contribution in [0.15, 0.2) is 59.5 Å². The Morgan fingerprint density at radius 3 is 2.29 bits per heavy atom. The molecule has 0 bridgehead atoms. The highest BCUT2D eigenvalue weighted by atomic mass is 32.2. The van der Waals surface area contributed by atoms with Crippen molar-refractivity contribution < 1.29 is 8.78 Å². The molecule has 110 valence electrons. The molecule has 1 saturated carbocycles. The van der Waals surface area contributed by atoms with Crippen molar-refractivity contribution in [2.45, 2.75) is 29.5 Å². The summed E-state index contributed by atoms with van der Waals surface area (Å²) in [6.07, 6.45) is 2.38. The molecule has 0 heterocycles. The zero-order valence-electron chi connectivity index (χ0n) is 11.5. The normalized spacial score (nSPS) is 16.0. The molecule has 0 amide bonds. The van der Waals surface area contributed by atoms with Crippen LogP contribution in [-0.4, -0.2) is 5.76 Å². The van der Waals surface area contributed by atoms with E-state index in [1.54, 1.807) is 12.1 Å². The van der Waals surface area contributed by atoms with Gasteiger partial charge in [-0.05, 0) is 36.5 Å². The zero-order valence-corrected chi connectivity index (χ0v) is 12.3. The van der Waals surface area contributed by atoms with Crippen molar-refractivity contribution in [1.82, 2.24) is 0 Å². The molecular formula is C17H17F2NS. The van der Waals surface area contributed by atoms with Gasteiger partial charge in [0.25, 0.3) is 5.76 Å². The number of rotatable bonds is 6. The first-order valence-electron chi connectivity index (χ1n) is 7.09. The Balaban J connectivity index is 1.84. The van der Waals surface area contributed by atoms with Gasteiger partial charge in [0, 0.05) is 10.6 Å². The lowest BCUT2D eigenvalue weighted by Crippen LogP contribution is -2.13. The summed E-state index contributed by atoms with van der Waals surface area (Å²) >= 11 is 0.599. The van der Waals surface area contributed by atoms with Gasteiger partial charge in [-0.15, -0.1) is 0 Å². The molecule has 1 aliphatic carbocycles. The van der Waals surface area contributed by atoms with E-state index in [2.05, 4.69) is 17.4 Å². The predicted octanol–water partition coefficient (Wildman–Crippen LogP) is 5.56. The first kappa shape index (κ1) is 14.4. The van der Waals surface area contributed by atoms with Crippen molar-refractivity contribution in [3.05, 3.63) is 60.2 Å². The molecule has 0 aliphatic heterocycles. The molecular weight excluding hydrogens is 288 g/mol. The van der Waals surface area contributed by atoms with Crippen LogP contribution in [-0.2, 0) is 0 Å². The molecule has 0 radical (unpaired) electrons. The van der Waals surface area contributed by atoms with Crippen LogP contribution in [0.2, 0.25) is 0 Å². The van der Waals surface area contributed by atoms with Crippen molar-refractivity contribution in [2.75, 3.05) is 5.32 Å². The number of hydrogen-bond acceptors (Lipinski definition) is 2. The van der Waals surface area contributed by atoms with Crippen molar-refractivity contribution in [3.8, 4) is 0 Å². The summed E-state index contributed by atoms with van der Waals surface area (Å²) in [4.78, 5) is 0.606. The molecule has 4 heteroatoms. The minimum absolute atomic E-state index is 0.200. The van der Waals surface area contributed by atoms with E-state index in [0.717, 1.165) is 5.69 Å². The number of para-hydroxylation sites is 1. The monoisotopic (exact) mass is 305 g/mol. The summed E-state index contributed by atoms with van der Waals surface area (Å²) < 4.78 is 25.3. The van der Waals surface area contributed by atoms with Crippen LogP contribution in [0.25, 0.3) is 0 Å². The molecule has 1 N–H and O–H groups in total. The van der Waals surface area contributed by atoms with Gasteiger partial charge in [-0.3, -0.25) is 0 Å². The van der Waals surface area contributed by atoms with Gasteiger partial charge in [-0.2, -0.15) is 8.78 Å². The van der Waals surface area contributed by atoms with E-state index in [9.17, 15) is 8.78 Å². The molecule has 1 atom stereocenters. The summed E-state index contributed by atoms with van der Waals surface area (Å²) in [5.74, 6) is -1.80. The van der Waals surface area contributed by atoms with E-state index in [0.29, 0.717) is 22.6 Å². The fourth-order valence-corrected chi connectivity index (χ4v) is 3.12. The number of thioether (sulfide) groups is 1. The zero-order chi connectivity index (χ0) is 14.7. The SMILES string of the molecule is FC(F)Sc1ccccc1NC(c1ccccc1)C1CC1. The lowest BCUT2D eigenvalue weighted by molar-refractivity contribution is 0.252. The van der Waals surface area contributed by atoms with Gasteiger partial charge in [-0.1, -0.05) is 54.2 Å². The van der Waals surface area contributed by atoms with E-state index < -0.39 is 5.76 Å². The highest BCUT2D eigenvalue weighted by Crippen LogP contribution is 2.44. The van der Waals surface area contributed by atoms with Crippen LogP contribution >= 0.6 is 11.8 Å². The highest BCUT2D eigenvalue weighted by molar-refractivity contribution is 7.99. The van der Waals surface area contributed by atoms with Crippen LogP contribution in [0.4, 0.5) is 14.5 Å². The Kier molecular flexibility index (Phi) is 4.44. The van der Waals surface area contributed by atoms with E-state index >= 15 is 0 Å². The Labute approximate surface area is 127 Å². The molecule has 1 nitrogen and oxygen atoms in total. The maximum atomic E-state index is 12.7. The second kappa shape index (κ2) is 6.48. The third-order valence-electron chi connectivity index (χ3n) is 3.67. The standard InChI is InChI=1S/C17H17F2NS/c18-17(19)21-15-9-5-4-8-14(15)20-16(13-10-11-13)12-6-2-1-3-7-12/h1-9,13,16-17,20H,10-11H2. The third kappa shape index (κ3) is 3.76. The first-order valence-corrected chi connectivity index (χ1v) is 7.97. The molecule has 0 saturated heterocycles. The van der Waals surface area contributed by atoms with Crippen LogP contribution < -0.4 is 5.32 Å². The minimum Gasteiger partial charge on any atom is -0.377 e. The molecule has 1 aliphatic rings. The first-order chi connectivity index (χ1) is 10.2. The molecule has 0 spiro atoms. The second-order valence-corrected chi connectivity index (χ2v) is 6.28. The molecule has 0 aromatic heterocycles. The maximum Gasteiger partial charge on any atom is 0.288 e. The fraction of sp³-hybridized carbons (Fsp3) is 0.294. The van der Waals surface area contributed by atoms with Crippen LogP contribution in [0.3, 0.4) is 0 Å². The second-order valence-electron chi connectivity index (χ2n) is 5.24. The van der Waals surface area contributed by atoms with Gasteiger partial charge in [0.05, 0.1) is 6.04 Å². The number of nitrogens with one attached hydrogen (secondary N) is 1. The van der Waals surface area contributed by atoms with Crippen molar-refractivity contribution in [2.24, 2.45) is 5.92 Å². The number of hydrogen-bond donors (Lipinski definition) is 1. The van der Waals surface area contributed by atoms with Crippen LogP contribution in [0.5, 0.6) is 0 Å². The largest absolute Gasteiger partial charge is 0.377 e. The van der Waals surface area contributed by atoms with Gasteiger partial charge >= 0.3 is 0 Å². The summed E-state index contributed by atoms with van der Waals surface area (Å²) in [6, 6.07) is 17.7. The van der Waals surface area contributed by atoms with Gasteiger partial charge in [0.15, 0.2) is 0 Å². The summed E-state index contributed by atoms with van der Waals surface area (Å²) in [5, 5.41) is 3.48. The van der Waals surface area contributed by atoms with Crippen molar-refractivity contribution >= 4 is 17.4 Å². The lowest BCUT2D eigenvalue weighted by atomic mass is 10.0. The van der Waals surface area contributed by atoms with E-state index in [-0.39, 0.29) is 6.04 Å². The molecule has 21 heavy (non-hydrogen) atoms. The molecule has 2 aromatic rings. The van der Waals surface area contributed by atoms with Gasteiger partial charge in [-0.25, -0.2) is 0 Å². The van der Waals surface area contributed by atoms with Crippen molar-refractivity contribution in [1.29, 1.82) is 0 Å². The summed E-state index contributed by atoms with van der Waals surface area (Å²) in [5.41, 5.74) is 2.01. The average molecular weight is 305 g/mol. The number of benzene rings is 2.